The molecule has 0 saturated carbocycles. The number of nitrogens with zero attached hydrogens (tertiary/aromatic N) is 2. The minimum atomic E-state index is -0.0571. The van der Waals surface area contributed by atoms with Crippen LogP contribution >= 0.6 is 12.2 Å². The summed E-state index contributed by atoms with van der Waals surface area (Å²) in [7, 11) is 0. The van der Waals surface area contributed by atoms with E-state index in [1.807, 2.05) is 0 Å². The molecule has 1 aliphatic heterocycles. The van der Waals surface area contributed by atoms with Crippen molar-refractivity contribution in [1.29, 1.82) is 0 Å². The van der Waals surface area contributed by atoms with Gasteiger partial charge in [-0.2, -0.15) is 5.10 Å². The Morgan fingerprint density at radius 2 is 2.35 bits per heavy atom. The van der Waals surface area contributed by atoms with Crippen LogP contribution in [0.5, 0.6) is 0 Å². The minimum absolute atomic E-state index is 0.0571. The summed E-state index contributed by atoms with van der Waals surface area (Å²) in [6.45, 7) is 7.25. The van der Waals surface area contributed by atoms with E-state index < -0.39 is 0 Å². The first-order chi connectivity index (χ1) is 8.03. The van der Waals surface area contributed by atoms with Crippen LogP contribution < -0.4 is 0 Å². The second-order valence-electron chi connectivity index (χ2n) is 5.32. The maximum atomic E-state index is 5.76. The summed E-state index contributed by atoms with van der Waals surface area (Å²) in [5.41, 5.74) is -0.0571. The fraction of sp³-hybridized carbons (Fsp3) is 0.833. The van der Waals surface area contributed by atoms with Crippen LogP contribution in [-0.4, -0.2) is 27.0 Å². The van der Waals surface area contributed by atoms with Crippen LogP contribution in [-0.2, 0) is 11.2 Å². The molecule has 2 rings (SSSR count). The van der Waals surface area contributed by atoms with Crippen molar-refractivity contribution in [3.05, 3.63) is 10.6 Å². The van der Waals surface area contributed by atoms with E-state index in [4.69, 9.17) is 17.0 Å². The lowest BCUT2D eigenvalue weighted by atomic mass is 9.93. The van der Waals surface area contributed by atoms with Gasteiger partial charge in [0.2, 0.25) is 0 Å². The molecule has 0 radical (unpaired) electrons. The van der Waals surface area contributed by atoms with Crippen LogP contribution in [0.1, 0.15) is 51.9 Å². The molecule has 1 fully saturated rings. The first-order valence-corrected chi connectivity index (χ1v) is 6.74. The Balaban J connectivity index is 2.26. The highest BCUT2D eigenvalue weighted by atomic mass is 32.1. The third-order valence-corrected chi connectivity index (χ3v) is 3.58. The smallest absolute Gasteiger partial charge is 0.195 e. The van der Waals surface area contributed by atoms with E-state index >= 15 is 0 Å². The fourth-order valence-electron chi connectivity index (χ4n) is 2.53. The van der Waals surface area contributed by atoms with Crippen LogP contribution in [0.2, 0.25) is 0 Å². The molecular formula is C12H21N3OS. The quantitative estimate of drug-likeness (QED) is 0.844. The maximum Gasteiger partial charge on any atom is 0.195 e. The van der Waals surface area contributed by atoms with E-state index in [9.17, 15) is 0 Å². The molecule has 1 unspecified atom stereocenters. The Morgan fingerprint density at radius 3 is 3.00 bits per heavy atom. The van der Waals surface area contributed by atoms with E-state index in [2.05, 4.69) is 35.5 Å². The average molecular weight is 255 g/mol. The molecule has 1 atom stereocenters. The Kier molecular flexibility index (Phi) is 3.68. The van der Waals surface area contributed by atoms with Gasteiger partial charge in [-0.05, 0) is 45.3 Å². The van der Waals surface area contributed by atoms with Gasteiger partial charge >= 0.3 is 0 Å². The van der Waals surface area contributed by atoms with Crippen LogP contribution in [0.3, 0.4) is 0 Å². The van der Waals surface area contributed by atoms with Gasteiger partial charge in [0.25, 0.3) is 0 Å². The molecule has 4 nitrogen and oxygen atoms in total. The van der Waals surface area contributed by atoms with E-state index in [1.54, 1.807) is 0 Å². The molecule has 96 valence electrons. The number of ether oxygens (including phenoxy) is 1. The molecule has 1 N–H and O–H groups in total. The minimum Gasteiger partial charge on any atom is -0.375 e. The molecule has 0 spiro atoms. The summed E-state index contributed by atoms with van der Waals surface area (Å²) in [5, 5.41) is 7.26. The molecule has 0 aromatic carbocycles. The molecule has 17 heavy (non-hydrogen) atoms. The lowest BCUT2D eigenvalue weighted by Crippen LogP contribution is -2.35. The number of nitrogens with one attached hydrogen (secondary N) is 1. The van der Waals surface area contributed by atoms with Crippen LogP contribution in [0, 0.1) is 4.77 Å². The van der Waals surface area contributed by atoms with E-state index in [1.165, 1.54) is 0 Å². The highest BCUT2D eigenvalue weighted by Gasteiger charge is 2.31. The van der Waals surface area contributed by atoms with E-state index in [0.29, 0.717) is 6.04 Å². The van der Waals surface area contributed by atoms with Gasteiger partial charge < -0.3 is 9.30 Å². The Bertz CT molecular complexity index is 435. The van der Waals surface area contributed by atoms with Gasteiger partial charge in [0.1, 0.15) is 5.82 Å². The number of H-pyrrole nitrogens is 1. The van der Waals surface area contributed by atoms with Gasteiger partial charge in [-0.15, -0.1) is 0 Å². The predicted molar refractivity (Wildman–Crippen MR) is 69.7 cm³/mol. The van der Waals surface area contributed by atoms with Crippen molar-refractivity contribution in [2.75, 3.05) is 6.61 Å². The summed E-state index contributed by atoms with van der Waals surface area (Å²) in [4.78, 5) is 0. The Morgan fingerprint density at radius 1 is 1.59 bits per heavy atom. The van der Waals surface area contributed by atoms with Gasteiger partial charge in [0.05, 0.1) is 5.60 Å². The van der Waals surface area contributed by atoms with Gasteiger partial charge in [-0.3, -0.25) is 5.10 Å². The number of hydrogen-bond acceptors (Lipinski definition) is 3. The highest BCUT2D eigenvalue weighted by Crippen LogP contribution is 2.32. The summed E-state index contributed by atoms with van der Waals surface area (Å²) in [5.74, 6) is 1.08. The molecule has 5 heteroatoms. The van der Waals surface area contributed by atoms with Crippen LogP contribution in [0.15, 0.2) is 0 Å². The van der Waals surface area contributed by atoms with Crippen molar-refractivity contribution < 1.29 is 4.74 Å². The monoisotopic (exact) mass is 255 g/mol. The zero-order valence-corrected chi connectivity index (χ0v) is 11.6. The fourth-order valence-corrected chi connectivity index (χ4v) is 2.83. The van der Waals surface area contributed by atoms with Gasteiger partial charge in [0.15, 0.2) is 4.77 Å². The zero-order chi connectivity index (χ0) is 12.5. The van der Waals surface area contributed by atoms with Crippen molar-refractivity contribution in [1.82, 2.24) is 14.8 Å². The second kappa shape index (κ2) is 4.90. The number of rotatable bonds is 3. The normalized spacial score (nSPS) is 23.8. The van der Waals surface area contributed by atoms with Crippen molar-refractivity contribution in [2.24, 2.45) is 0 Å². The van der Waals surface area contributed by atoms with Crippen LogP contribution in [0.25, 0.3) is 0 Å². The molecule has 1 aromatic rings. The SMILES string of the molecule is CCCc1n[nH]c(=S)n1C1CCOC(C)(C)C1. The molecule has 1 aliphatic rings. The van der Waals surface area contributed by atoms with E-state index in [-0.39, 0.29) is 5.60 Å². The number of aromatic amines is 1. The summed E-state index contributed by atoms with van der Waals surface area (Å²) in [6.07, 6.45) is 4.09. The number of aromatic nitrogens is 3. The standard InChI is InChI=1S/C12H21N3OS/c1-4-5-10-13-14-11(17)15(10)9-6-7-16-12(2,3)8-9/h9H,4-8H2,1-3H3,(H,14,17). The third-order valence-electron chi connectivity index (χ3n) is 3.29. The molecule has 1 saturated heterocycles. The van der Waals surface area contributed by atoms with Crippen molar-refractivity contribution in [3.63, 3.8) is 0 Å². The number of aryl methyl sites for hydroxylation is 1. The van der Waals surface area contributed by atoms with Gasteiger partial charge in [-0.1, -0.05) is 6.92 Å². The topological polar surface area (TPSA) is 42.8 Å². The summed E-state index contributed by atoms with van der Waals surface area (Å²) >= 11 is 5.35. The third kappa shape index (κ3) is 2.77. The predicted octanol–water partition coefficient (Wildman–Crippen LogP) is 3.02. The van der Waals surface area contributed by atoms with Gasteiger partial charge in [0, 0.05) is 19.1 Å². The van der Waals surface area contributed by atoms with Gasteiger partial charge in [-0.25, -0.2) is 0 Å². The molecule has 0 amide bonds. The first-order valence-electron chi connectivity index (χ1n) is 6.33. The van der Waals surface area contributed by atoms with E-state index in [0.717, 1.165) is 42.9 Å². The first kappa shape index (κ1) is 12.8. The molecular weight excluding hydrogens is 234 g/mol. The lowest BCUT2D eigenvalue weighted by Gasteiger charge is -2.36. The summed E-state index contributed by atoms with van der Waals surface area (Å²) < 4.78 is 8.70. The van der Waals surface area contributed by atoms with Crippen molar-refractivity contribution in [3.8, 4) is 0 Å². The zero-order valence-electron chi connectivity index (χ0n) is 10.8. The van der Waals surface area contributed by atoms with Crippen molar-refractivity contribution in [2.45, 2.75) is 58.1 Å². The Hall–Kier alpha value is -0.680. The lowest BCUT2D eigenvalue weighted by molar-refractivity contribution is -0.0696. The molecule has 1 aromatic heterocycles. The average Bonchev–Trinajstić information content (AvgIpc) is 2.59. The van der Waals surface area contributed by atoms with Crippen molar-refractivity contribution >= 4 is 12.2 Å². The Labute approximate surface area is 107 Å². The second-order valence-corrected chi connectivity index (χ2v) is 5.71. The maximum absolute atomic E-state index is 5.76. The largest absolute Gasteiger partial charge is 0.375 e. The van der Waals surface area contributed by atoms with Crippen LogP contribution in [0.4, 0.5) is 0 Å². The number of hydrogen-bond donors (Lipinski definition) is 1. The molecule has 0 bridgehead atoms. The summed E-state index contributed by atoms with van der Waals surface area (Å²) in [6, 6.07) is 0.423. The highest BCUT2D eigenvalue weighted by molar-refractivity contribution is 7.71. The molecule has 2 heterocycles. The molecule has 0 aliphatic carbocycles.